The molecule has 0 aromatic carbocycles. The van der Waals surface area contributed by atoms with Crippen LogP contribution >= 0.6 is 0 Å². The largest absolute Gasteiger partial charge is 0.478 e. The fourth-order valence-electron chi connectivity index (χ4n) is 0. The van der Waals surface area contributed by atoms with Crippen molar-refractivity contribution in [1.82, 2.24) is 0 Å². The molecule has 2 N–H and O–H groups in total. The van der Waals surface area contributed by atoms with Gasteiger partial charge < -0.3 is 5.11 Å². The number of carbonyl (C=O) groups is 1. The third-order valence-electron chi connectivity index (χ3n) is 0.365. The maximum Gasteiger partial charge on any atom is 0.330 e. The molecule has 0 heterocycles. The van der Waals surface area contributed by atoms with Crippen molar-refractivity contribution in [3.63, 3.8) is 0 Å². The summed E-state index contributed by atoms with van der Waals surface area (Å²) in [4.78, 5) is 17.9. The molecule has 0 saturated carbocycles. The topological polar surface area (TPSA) is 78.2 Å². The number of aliphatic carboxylic acids is 1. The minimum atomic E-state index is -0.935. The van der Waals surface area contributed by atoms with E-state index in [4.69, 9.17) is 15.3 Å². The van der Waals surface area contributed by atoms with E-state index < -0.39 is 5.97 Å². The summed E-state index contributed by atoms with van der Waals surface area (Å²) in [6.07, 6.45) is 0.750. The average Bonchev–Trinajstić information content (AvgIpc) is 1.93. The van der Waals surface area contributed by atoms with Crippen molar-refractivity contribution in [2.24, 2.45) is 0 Å². The van der Waals surface area contributed by atoms with Gasteiger partial charge in [0.15, 0.2) is 0 Å². The van der Waals surface area contributed by atoms with E-state index in [1.807, 2.05) is 0 Å². The van der Waals surface area contributed by atoms with Gasteiger partial charge >= 0.3 is 5.97 Å². The number of carbonyl (C=O) groups excluding carboxylic acids is 1. The molecule has 0 fully saturated rings. The second-order valence-corrected chi connectivity index (χ2v) is 1.19. The second kappa shape index (κ2) is 15.8. The normalized spacial score (nSPS) is 5.18. The number of carboxylic acid groups (broad SMARTS) is 1. The fourth-order valence-corrected chi connectivity index (χ4v) is 0. The molecule has 4 nitrogen and oxygen atoms in total. The van der Waals surface area contributed by atoms with E-state index >= 15 is 0 Å². The van der Waals surface area contributed by atoms with Gasteiger partial charge in [0.2, 0.25) is 6.08 Å². The Hall–Kier alpha value is -1.67. The van der Waals surface area contributed by atoms with Crippen LogP contribution in [-0.4, -0.2) is 17.2 Å². The summed E-state index contributed by atoms with van der Waals surface area (Å²) in [5.74, 6) is -0.935. The number of isocyanates is 1. The Balaban J connectivity index is -0.000000109. The molecule has 0 aliphatic carbocycles. The van der Waals surface area contributed by atoms with Gasteiger partial charge in [0.05, 0.1) is 0 Å². The molecular weight excluding hydrogens is 146 g/mol. The molecule has 4 heteroatoms. The number of carboxylic acids is 1. The van der Waals surface area contributed by atoms with Crippen molar-refractivity contribution in [2.45, 2.75) is 6.92 Å². The molecule has 0 bridgehead atoms. The van der Waals surface area contributed by atoms with Crippen LogP contribution in [0.2, 0.25) is 0 Å². The zero-order chi connectivity index (χ0) is 9.86. The minimum absolute atomic E-state index is 0.176. The van der Waals surface area contributed by atoms with E-state index in [1.54, 1.807) is 0 Å². The molecule has 0 spiro atoms. The fraction of sp³-hybridized carbons (Fsp3) is 0.143. The van der Waals surface area contributed by atoms with Crippen LogP contribution in [0, 0.1) is 5.41 Å². The molecule has 0 unspecified atom stereocenters. The number of nitrogens with one attached hydrogen (secondary N) is 1. The second-order valence-electron chi connectivity index (χ2n) is 1.19. The van der Waals surface area contributed by atoms with Crippen molar-refractivity contribution in [3.8, 4) is 0 Å². The van der Waals surface area contributed by atoms with Crippen LogP contribution < -0.4 is 0 Å². The van der Waals surface area contributed by atoms with Gasteiger partial charge in [0, 0.05) is 5.57 Å². The number of hydrogen-bond donors (Lipinski definition) is 2. The van der Waals surface area contributed by atoms with Gasteiger partial charge in [-0.3, -0.25) is 0 Å². The standard InChI is InChI=1S/C4H6O2.C2H4.CHNO/c1-3(2)4(5)6;1-2;2-1-3/h1H2,2H3,(H,5,6);1-2H2;2H. The lowest BCUT2D eigenvalue weighted by molar-refractivity contribution is -0.132. The molecule has 0 atom stereocenters. The highest BCUT2D eigenvalue weighted by molar-refractivity contribution is 5.84. The van der Waals surface area contributed by atoms with Crippen molar-refractivity contribution >= 4 is 12.0 Å². The van der Waals surface area contributed by atoms with Crippen molar-refractivity contribution in [3.05, 3.63) is 25.3 Å². The maximum absolute atomic E-state index is 9.60. The number of rotatable bonds is 1. The molecule has 0 aliphatic heterocycles. The highest BCUT2D eigenvalue weighted by Gasteiger charge is 1.90. The summed E-state index contributed by atoms with van der Waals surface area (Å²) < 4.78 is 0. The van der Waals surface area contributed by atoms with E-state index in [2.05, 4.69) is 19.7 Å². The van der Waals surface area contributed by atoms with Gasteiger partial charge in [-0.25, -0.2) is 15.0 Å². The Labute approximate surface area is 65.4 Å². The predicted molar refractivity (Wildman–Crippen MR) is 42.1 cm³/mol. The van der Waals surface area contributed by atoms with Crippen LogP contribution in [0.1, 0.15) is 6.92 Å². The molecule has 0 saturated heterocycles. The molecule has 0 amide bonds. The van der Waals surface area contributed by atoms with Crippen molar-refractivity contribution in [1.29, 1.82) is 5.41 Å². The summed E-state index contributed by atoms with van der Waals surface area (Å²) in [6, 6.07) is 0. The Bertz CT molecular complexity index is 145. The van der Waals surface area contributed by atoms with E-state index in [0.717, 1.165) is 6.08 Å². The number of hydrogen-bond acceptors (Lipinski definition) is 3. The van der Waals surface area contributed by atoms with E-state index in [-0.39, 0.29) is 5.57 Å². The Morgan fingerprint density at radius 3 is 1.64 bits per heavy atom. The summed E-state index contributed by atoms with van der Waals surface area (Å²) in [5.41, 5.74) is 0.176. The lowest BCUT2D eigenvalue weighted by atomic mass is 10.4. The SMILES string of the molecule is C=C.C=C(C)C(=O)O.N=C=O. The summed E-state index contributed by atoms with van der Waals surface area (Å²) in [5, 5.41) is 13.3. The smallest absolute Gasteiger partial charge is 0.330 e. The van der Waals surface area contributed by atoms with Gasteiger partial charge in [0.1, 0.15) is 0 Å². The van der Waals surface area contributed by atoms with Crippen molar-refractivity contribution < 1.29 is 14.7 Å². The predicted octanol–water partition coefficient (Wildman–Crippen LogP) is 1.35. The lowest BCUT2D eigenvalue weighted by Crippen LogP contribution is -1.92. The van der Waals surface area contributed by atoms with Crippen LogP contribution in [0.5, 0.6) is 0 Å². The molecule has 62 valence electrons. The van der Waals surface area contributed by atoms with E-state index in [1.165, 1.54) is 6.92 Å². The molecule has 0 rings (SSSR count). The first-order chi connectivity index (χ1) is 5.06. The van der Waals surface area contributed by atoms with Crippen LogP contribution in [0.15, 0.2) is 25.3 Å². The van der Waals surface area contributed by atoms with Crippen LogP contribution in [0.25, 0.3) is 0 Å². The van der Waals surface area contributed by atoms with E-state index in [9.17, 15) is 4.79 Å². The van der Waals surface area contributed by atoms with Crippen LogP contribution in [0.3, 0.4) is 0 Å². The van der Waals surface area contributed by atoms with Gasteiger partial charge in [0.25, 0.3) is 0 Å². The third kappa shape index (κ3) is 61.5. The maximum atomic E-state index is 9.60. The monoisotopic (exact) mass is 157 g/mol. The van der Waals surface area contributed by atoms with E-state index in [0.29, 0.717) is 0 Å². The van der Waals surface area contributed by atoms with Crippen LogP contribution in [0.4, 0.5) is 0 Å². The average molecular weight is 157 g/mol. The summed E-state index contributed by atoms with van der Waals surface area (Å²) >= 11 is 0. The molecule has 0 aromatic heterocycles. The quantitative estimate of drug-likeness (QED) is 0.261. The zero-order valence-corrected chi connectivity index (χ0v) is 6.39. The zero-order valence-electron chi connectivity index (χ0n) is 6.39. The summed E-state index contributed by atoms with van der Waals surface area (Å²) in [7, 11) is 0. The first-order valence-corrected chi connectivity index (χ1v) is 2.49. The van der Waals surface area contributed by atoms with Gasteiger partial charge in [-0.1, -0.05) is 6.58 Å². The van der Waals surface area contributed by atoms with Crippen LogP contribution in [-0.2, 0) is 9.59 Å². The molecular formula is C7H11NO3. The molecule has 0 radical (unpaired) electrons. The van der Waals surface area contributed by atoms with Crippen molar-refractivity contribution in [2.75, 3.05) is 0 Å². The molecule has 0 aromatic rings. The van der Waals surface area contributed by atoms with Gasteiger partial charge in [-0.2, -0.15) is 0 Å². The third-order valence-corrected chi connectivity index (χ3v) is 0.365. The van der Waals surface area contributed by atoms with Gasteiger partial charge in [-0.05, 0) is 6.92 Å². The highest BCUT2D eigenvalue weighted by atomic mass is 16.4. The summed E-state index contributed by atoms with van der Waals surface area (Å²) in [6.45, 7) is 10.6. The molecule has 11 heavy (non-hydrogen) atoms. The first-order valence-electron chi connectivity index (χ1n) is 2.49. The Morgan fingerprint density at radius 1 is 1.55 bits per heavy atom. The molecule has 0 aliphatic rings. The van der Waals surface area contributed by atoms with Gasteiger partial charge in [-0.15, -0.1) is 13.2 Å². The highest BCUT2D eigenvalue weighted by Crippen LogP contribution is 1.81. The Morgan fingerprint density at radius 2 is 1.64 bits per heavy atom. The first kappa shape index (κ1) is 16.2. The Kier molecular flexibility index (Phi) is 23.1. The lowest BCUT2D eigenvalue weighted by Gasteiger charge is -1.79. The minimum Gasteiger partial charge on any atom is -0.478 e.